The number of rotatable bonds is 4. The summed E-state index contributed by atoms with van der Waals surface area (Å²) < 4.78 is 0. The molecule has 5 heteroatoms. The molecule has 1 rings (SSSR count). The molecule has 0 aliphatic rings. The van der Waals surface area contributed by atoms with E-state index in [2.05, 4.69) is 22.1 Å². The summed E-state index contributed by atoms with van der Waals surface area (Å²) in [5, 5.41) is 6.76. The van der Waals surface area contributed by atoms with Gasteiger partial charge in [-0.3, -0.25) is 5.10 Å². The fourth-order valence-electron chi connectivity index (χ4n) is 0.650. The number of halogens is 1. The Morgan fingerprint density at radius 3 is 3.00 bits per heavy atom. The highest BCUT2D eigenvalue weighted by molar-refractivity contribution is 7.98. The second-order valence-corrected chi connectivity index (χ2v) is 3.55. The van der Waals surface area contributed by atoms with E-state index in [1.807, 2.05) is 11.8 Å². The number of H-pyrrole nitrogens is 1. The Labute approximate surface area is 74.9 Å². The van der Waals surface area contributed by atoms with Crippen LogP contribution in [0, 0.1) is 0 Å². The number of nitrogens with one attached hydrogen (secondary N) is 1. The van der Waals surface area contributed by atoms with Crippen molar-refractivity contribution in [3.8, 4) is 0 Å². The lowest BCUT2D eigenvalue weighted by atomic mass is 10.6. The van der Waals surface area contributed by atoms with Gasteiger partial charge in [-0.15, -0.1) is 5.10 Å². The second-order valence-electron chi connectivity index (χ2n) is 2.10. The second kappa shape index (κ2) is 4.62. The van der Waals surface area contributed by atoms with Gasteiger partial charge in [-0.05, 0) is 23.8 Å². The van der Waals surface area contributed by atoms with E-state index in [-0.39, 0.29) is 0 Å². The van der Waals surface area contributed by atoms with Crippen LogP contribution in [0.1, 0.15) is 19.2 Å². The molecular weight excluding hydrogens is 182 g/mol. The van der Waals surface area contributed by atoms with Gasteiger partial charge in [0.15, 0.2) is 0 Å². The van der Waals surface area contributed by atoms with Crippen molar-refractivity contribution in [2.75, 3.05) is 5.75 Å². The molecular formula is C6H10ClN3S. The SMILES string of the molecule is CCCSCc1nc(Cl)n[nH]1. The molecule has 0 aliphatic heterocycles. The molecule has 0 atom stereocenters. The van der Waals surface area contributed by atoms with Gasteiger partial charge in [0, 0.05) is 0 Å². The van der Waals surface area contributed by atoms with Crippen molar-refractivity contribution in [2.24, 2.45) is 0 Å². The molecule has 11 heavy (non-hydrogen) atoms. The molecule has 0 radical (unpaired) electrons. The summed E-state index contributed by atoms with van der Waals surface area (Å²) in [7, 11) is 0. The molecule has 0 spiro atoms. The molecule has 3 nitrogen and oxygen atoms in total. The predicted molar refractivity (Wildman–Crippen MR) is 47.8 cm³/mol. The van der Waals surface area contributed by atoms with Gasteiger partial charge in [-0.1, -0.05) is 6.92 Å². The van der Waals surface area contributed by atoms with Crippen molar-refractivity contribution in [3.63, 3.8) is 0 Å². The van der Waals surface area contributed by atoms with Crippen LogP contribution in [0.25, 0.3) is 0 Å². The van der Waals surface area contributed by atoms with Crippen LogP contribution in [-0.4, -0.2) is 20.9 Å². The summed E-state index contributed by atoms with van der Waals surface area (Å²) >= 11 is 7.34. The van der Waals surface area contributed by atoms with Crippen LogP contribution in [0.5, 0.6) is 0 Å². The average molecular weight is 192 g/mol. The first-order chi connectivity index (χ1) is 5.33. The summed E-state index contributed by atoms with van der Waals surface area (Å²) in [4.78, 5) is 3.96. The summed E-state index contributed by atoms with van der Waals surface area (Å²) in [6.45, 7) is 2.15. The lowest BCUT2D eigenvalue weighted by molar-refractivity contribution is 1.02. The molecule has 0 aliphatic carbocycles. The van der Waals surface area contributed by atoms with Crippen molar-refractivity contribution in [1.82, 2.24) is 15.2 Å². The third-order valence-corrected chi connectivity index (χ3v) is 2.44. The molecule has 0 saturated heterocycles. The summed E-state index contributed by atoms with van der Waals surface area (Å²) in [5.74, 6) is 2.87. The predicted octanol–water partition coefficient (Wildman–Crippen LogP) is 2.10. The first-order valence-electron chi connectivity index (χ1n) is 3.47. The maximum atomic E-state index is 5.51. The first-order valence-corrected chi connectivity index (χ1v) is 5.00. The van der Waals surface area contributed by atoms with Gasteiger partial charge in [0.05, 0.1) is 5.75 Å². The molecule has 0 unspecified atom stereocenters. The summed E-state index contributed by atoms with van der Waals surface area (Å²) in [5.41, 5.74) is 0. The Hall–Kier alpha value is -0.220. The van der Waals surface area contributed by atoms with Crippen LogP contribution in [0.3, 0.4) is 0 Å². The zero-order valence-corrected chi connectivity index (χ0v) is 7.87. The minimum absolute atomic E-state index is 0.303. The number of thioether (sulfide) groups is 1. The lowest BCUT2D eigenvalue weighted by Crippen LogP contribution is -1.84. The Balaban J connectivity index is 2.27. The van der Waals surface area contributed by atoms with Crippen LogP contribution in [-0.2, 0) is 5.75 Å². The third-order valence-electron chi connectivity index (χ3n) is 1.09. The standard InChI is InChI=1S/C6H10ClN3S/c1-2-3-11-4-5-8-6(7)10-9-5/h2-4H2,1H3,(H,8,9,10). The van der Waals surface area contributed by atoms with Gasteiger partial charge in [-0.25, -0.2) is 4.98 Å². The monoisotopic (exact) mass is 191 g/mol. The highest BCUT2D eigenvalue weighted by Crippen LogP contribution is 2.10. The first kappa shape index (κ1) is 8.87. The van der Waals surface area contributed by atoms with Crippen LogP contribution >= 0.6 is 23.4 Å². The lowest BCUT2D eigenvalue weighted by Gasteiger charge is -1.92. The van der Waals surface area contributed by atoms with Crippen LogP contribution in [0.2, 0.25) is 5.28 Å². The fourth-order valence-corrected chi connectivity index (χ4v) is 1.55. The molecule has 0 saturated carbocycles. The summed E-state index contributed by atoms with van der Waals surface area (Å²) in [6.07, 6.45) is 1.19. The molecule has 1 aromatic heterocycles. The van der Waals surface area contributed by atoms with E-state index in [1.165, 1.54) is 6.42 Å². The third kappa shape index (κ3) is 3.12. The topological polar surface area (TPSA) is 41.6 Å². The average Bonchev–Trinajstić information content (AvgIpc) is 2.37. The van der Waals surface area contributed by atoms with E-state index in [0.29, 0.717) is 5.28 Å². The van der Waals surface area contributed by atoms with Crippen LogP contribution in [0.4, 0.5) is 0 Å². The van der Waals surface area contributed by atoms with Crippen molar-refractivity contribution in [2.45, 2.75) is 19.1 Å². The van der Waals surface area contributed by atoms with Crippen molar-refractivity contribution < 1.29 is 0 Å². The van der Waals surface area contributed by atoms with Crippen LogP contribution in [0.15, 0.2) is 0 Å². The maximum absolute atomic E-state index is 5.51. The highest BCUT2D eigenvalue weighted by Gasteiger charge is 1.98. The zero-order valence-electron chi connectivity index (χ0n) is 6.30. The van der Waals surface area contributed by atoms with E-state index in [0.717, 1.165) is 17.3 Å². The minimum Gasteiger partial charge on any atom is -0.261 e. The quantitative estimate of drug-likeness (QED) is 0.742. The molecule has 0 aromatic carbocycles. The fraction of sp³-hybridized carbons (Fsp3) is 0.667. The number of nitrogens with zero attached hydrogens (tertiary/aromatic N) is 2. The minimum atomic E-state index is 0.303. The van der Waals surface area contributed by atoms with Gasteiger partial charge < -0.3 is 0 Å². The van der Waals surface area contributed by atoms with Crippen molar-refractivity contribution in [1.29, 1.82) is 0 Å². The molecule has 62 valence electrons. The molecule has 0 amide bonds. The Bertz CT molecular complexity index is 213. The van der Waals surface area contributed by atoms with Gasteiger partial charge in [0.1, 0.15) is 5.82 Å². The summed E-state index contributed by atoms with van der Waals surface area (Å²) in [6, 6.07) is 0. The smallest absolute Gasteiger partial charge is 0.242 e. The molecule has 0 bridgehead atoms. The largest absolute Gasteiger partial charge is 0.261 e. The molecule has 0 fully saturated rings. The maximum Gasteiger partial charge on any atom is 0.242 e. The Kier molecular flexibility index (Phi) is 3.72. The molecule has 1 N–H and O–H groups in total. The van der Waals surface area contributed by atoms with E-state index in [1.54, 1.807) is 0 Å². The van der Waals surface area contributed by atoms with E-state index < -0.39 is 0 Å². The number of hydrogen-bond acceptors (Lipinski definition) is 3. The van der Waals surface area contributed by atoms with Gasteiger partial charge in [0.25, 0.3) is 0 Å². The van der Waals surface area contributed by atoms with Gasteiger partial charge >= 0.3 is 0 Å². The van der Waals surface area contributed by atoms with E-state index >= 15 is 0 Å². The Morgan fingerprint density at radius 1 is 1.64 bits per heavy atom. The molecule has 1 aromatic rings. The van der Waals surface area contributed by atoms with E-state index in [4.69, 9.17) is 11.6 Å². The highest BCUT2D eigenvalue weighted by atomic mass is 35.5. The zero-order chi connectivity index (χ0) is 8.10. The van der Waals surface area contributed by atoms with Crippen molar-refractivity contribution in [3.05, 3.63) is 11.1 Å². The number of hydrogen-bond donors (Lipinski definition) is 1. The normalized spacial score (nSPS) is 10.4. The van der Waals surface area contributed by atoms with Crippen molar-refractivity contribution >= 4 is 23.4 Å². The molecule has 1 heterocycles. The van der Waals surface area contributed by atoms with E-state index in [9.17, 15) is 0 Å². The van der Waals surface area contributed by atoms with Gasteiger partial charge in [-0.2, -0.15) is 11.8 Å². The van der Waals surface area contributed by atoms with Gasteiger partial charge in [0.2, 0.25) is 5.28 Å². The van der Waals surface area contributed by atoms with Crippen LogP contribution < -0.4 is 0 Å². The number of aromatic amines is 1. The number of aromatic nitrogens is 3. The Morgan fingerprint density at radius 2 is 2.45 bits per heavy atom.